The van der Waals surface area contributed by atoms with Crippen LogP contribution in [0.4, 0.5) is 4.39 Å². The first-order valence-corrected chi connectivity index (χ1v) is 11.3. The molecule has 1 aromatic heterocycles. The molecular weight excluding hydrogens is 435 g/mol. The Labute approximate surface area is 194 Å². The molecule has 0 unspecified atom stereocenters. The second-order valence-electron chi connectivity index (χ2n) is 8.02. The van der Waals surface area contributed by atoms with E-state index in [9.17, 15) is 19.1 Å². The summed E-state index contributed by atoms with van der Waals surface area (Å²) in [5.41, 5.74) is 5.24. The molecule has 4 aromatic rings. The number of ketones is 1. The smallest absolute Gasteiger partial charge is 0.307 e. The van der Waals surface area contributed by atoms with Crippen molar-refractivity contribution in [2.24, 2.45) is 0 Å². The minimum absolute atomic E-state index is 0.0167. The van der Waals surface area contributed by atoms with Crippen LogP contribution >= 0.6 is 11.3 Å². The van der Waals surface area contributed by atoms with Gasteiger partial charge in [0.2, 0.25) is 5.78 Å². The summed E-state index contributed by atoms with van der Waals surface area (Å²) in [5.74, 6) is -1.36. The van der Waals surface area contributed by atoms with Gasteiger partial charge in [-0.25, -0.2) is 4.39 Å². The average molecular weight is 455 g/mol. The number of rotatable bonds is 5. The summed E-state index contributed by atoms with van der Waals surface area (Å²) in [5, 5.41) is 10.4. The summed E-state index contributed by atoms with van der Waals surface area (Å²) in [6, 6.07) is 21.7. The molecule has 0 spiro atoms. The van der Waals surface area contributed by atoms with Crippen LogP contribution < -0.4 is 0 Å². The van der Waals surface area contributed by atoms with E-state index < -0.39 is 11.8 Å². The molecule has 0 radical (unpaired) electrons. The number of carboxylic acid groups (broad SMARTS) is 1. The summed E-state index contributed by atoms with van der Waals surface area (Å²) in [7, 11) is 0. The number of allylic oxidation sites excluding steroid dienone is 2. The largest absolute Gasteiger partial charge is 0.481 e. The number of benzene rings is 3. The number of carboxylic acids is 1. The first kappa shape index (κ1) is 21.0. The summed E-state index contributed by atoms with van der Waals surface area (Å²) >= 11 is 1.48. The zero-order chi connectivity index (χ0) is 23.1. The monoisotopic (exact) mass is 454 g/mol. The van der Waals surface area contributed by atoms with Crippen LogP contribution in [0.5, 0.6) is 0 Å². The van der Waals surface area contributed by atoms with E-state index in [1.807, 2.05) is 55.5 Å². The number of carbonyl (C=O) groups is 2. The molecule has 0 saturated heterocycles. The van der Waals surface area contributed by atoms with Crippen LogP contribution in [0.2, 0.25) is 0 Å². The molecule has 0 aliphatic heterocycles. The Balaban J connectivity index is 1.48. The fourth-order valence-electron chi connectivity index (χ4n) is 4.27. The summed E-state index contributed by atoms with van der Waals surface area (Å²) in [6.45, 7) is 1.86. The van der Waals surface area contributed by atoms with Gasteiger partial charge in [-0.3, -0.25) is 9.59 Å². The van der Waals surface area contributed by atoms with Crippen molar-refractivity contribution in [3.63, 3.8) is 0 Å². The highest BCUT2D eigenvalue weighted by atomic mass is 32.1. The Morgan fingerprint density at radius 3 is 2.45 bits per heavy atom. The molecule has 1 aliphatic rings. The predicted molar refractivity (Wildman–Crippen MR) is 131 cm³/mol. The number of fused-ring (bicyclic) bond motifs is 2. The van der Waals surface area contributed by atoms with Crippen molar-refractivity contribution in [2.45, 2.75) is 13.3 Å². The minimum atomic E-state index is -0.954. The topological polar surface area (TPSA) is 54.4 Å². The number of hydrogen-bond donors (Lipinski definition) is 1. The summed E-state index contributed by atoms with van der Waals surface area (Å²) in [4.78, 5) is 25.0. The zero-order valence-electron chi connectivity index (χ0n) is 17.8. The summed E-state index contributed by atoms with van der Waals surface area (Å²) < 4.78 is 14.9. The molecule has 1 aliphatic carbocycles. The number of hydrogen-bond acceptors (Lipinski definition) is 3. The fourth-order valence-corrected chi connectivity index (χ4v) is 5.29. The van der Waals surface area contributed by atoms with Gasteiger partial charge in [0.25, 0.3) is 0 Å². The highest BCUT2D eigenvalue weighted by molar-refractivity contribution is 7.21. The van der Waals surface area contributed by atoms with Crippen LogP contribution in [-0.4, -0.2) is 16.9 Å². The molecule has 0 amide bonds. The second-order valence-corrected chi connectivity index (χ2v) is 9.11. The van der Waals surface area contributed by atoms with Gasteiger partial charge in [-0.2, -0.15) is 0 Å². The lowest BCUT2D eigenvalue weighted by Crippen LogP contribution is -1.98. The van der Waals surface area contributed by atoms with Crippen LogP contribution in [0.1, 0.15) is 45.3 Å². The number of aliphatic carboxylic acids is 1. The number of thiophene rings is 1. The Hall–Kier alpha value is -3.83. The van der Waals surface area contributed by atoms with Gasteiger partial charge in [-0.15, -0.1) is 11.3 Å². The van der Waals surface area contributed by atoms with Gasteiger partial charge in [0.05, 0.1) is 11.3 Å². The standard InChI is InChI=1S/C28H19FO3S/c1-16-22(21-11-10-20(29)14-24(21)23(16)15-27(30)31)12-17-6-8-18(9-7-17)28(32)26-13-19-4-2-3-5-25(19)33-26/h2-14H,15H2,1H3,(H,30,31)/b22-12-. The van der Waals surface area contributed by atoms with Gasteiger partial charge in [0, 0.05) is 10.3 Å². The Kier molecular flexibility index (Phi) is 5.27. The van der Waals surface area contributed by atoms with Crippen molar-refractivity contribution in [2.75, 3.05) is 0 Å². The Morgan fingerprint density at radius 2 is 1.73 bits per heavy atom. The van der Waals surface area contributed by atoms with Gasteiger partial charge >= 0.3 is 5.97 Å². The minimum Gasteiger partial charge on any atom is -0.481 e. The summed E-state index contributed by atoms with van der Waals surface area (Å²) in [6.07, 6.45) is 1.79. The zero-order valence-corrected chi connectivity index (χ0v) is 18.6. The van der Waals surface area contributed by atoms with Crippen molar-refractivity contribution in [1.29, 1.82) is 0 Å². The van der Waals surface area contributed by atoms with Crippen LogP contribution in [0.3, 0.4) is 0 Å². The van der Waals surface area contributed by atoms with E-state index in [-0.39, 0.29) is 12.2 Å². The van der Waals surface area contributed by atoms with Crippen LogP contribution in [0.25, 0.3) is 27.3 Å². The molecule has 162 valence electrons. The molecule has 0 saturated carbocycles. The third-order valence-electron chi connectivity index (χ3n) is 5.91. The predicted octanol–water partition coefficient (Wildman–Crippen LogP) is 7.07. The van der Waals surface area contributed by atoms with E-state index >= 15 is 0 Å². The molecule has 0 atom stereocenters. The molecular formula is C28H19FO3S. The Morgan fingerprint density at radius 1 is 0.970 bits per heavy atom. The SMILES string of the molecule is CC1=C(CC(=O)O)c2cc(F)ccc2/C1=C\c1ccc(C(=O)c2cc3ccccc3s2)cc1. The quantitative estimate of drug-likeness (QED) is 0.328. The van der Waals surface area contributed by atoms with Crippen LogP contribution in [0.15, 0.2) is 78.4 Å². The third kappa shape index (κ3) is 3.92. The van der Waals surface area contributed by atoms with Crippen LogP contribution in [0, 0.1) is 5.82 Å². The number of halogens is 1. The highest BCUT2D eigenvalue weighted by Crippen LogP contribution is 2.43. The van der Waals surface area contributed by atoms with Crippen molar-refractivity contribution >= 4 is 50.4 Å². The highest BCUT2D eigenvalue weighted by Gasteiger charge is 2.25. The fraction of sp³-hybridized carbons (Fsp3) is 0.0714. The third-order valence-corrected chi connectivity index (χ3v) is 7.03. The lowest BCUT2D eigenvalue weighted by molar-refractivity contribution is -0.135. The second kappa shape index (κ2) is 8.26. The van der Waals surface area contributed by atoms with E-state index in [1.54, 1.807) is 18.2 Å². The van der Waals surface area contributed by atoms with Gasteiger partial charge in [-0.05, 0) is 76.1 Å². The van der Waals surface area contributed by atoms with Crippen molar-refractivity contribution in [3.05, 3.63) is 111 Å². The van der Waals surface area contributed by atoms with Crippen molar-refractivity contribution in [1.82, 2.24) is 0 Å². The maximum atomic E-state index is 13.9. The van der Waals surface area contributed by atoms with E-state index in [1.165, 1.54) is 23.5 Å². The molecule has 5 heteroatoms. The Bertz CT molecular complexity index is 1460. The van der Waals surface area contributed by atoms with Gasteiger partial charge < -0.3 is 5.11 Å². The number of carbonyl (C=O) groups excluding carboxylic acids is 1. The van der Waals surface area contributed by atoms with Gasteiger partial charge in [0.15, 0.2) is 0 Å². The van der Waals surface area contributed by atoms with E-state index in [0.29, 0.717) is 21.6 Å². The normalized spacial score (nSPS) is 14.2. The molecule has 33 heavy (non-hydrogen) atoms. The van der Waals surface area contributed by atoms with Crippen molar-refractivity contribution < 1.29 is 19.1 Å². The molecule has 3 aromatic carbocycles. The average Bonchev–Trinajstić information content (AvgIpc) is 3.34. The molecule has 5 rings (SSSR count). The molecule has 1 heterocycles. The molecule has 0 bridgehead atoms. The van der Waals surface area contributed by atoms with E-state index in [2.05, 4.69) is 0 Å². The van der Waals surface area contributed by atoms with Gasteiger partial charge in [0.1, 0.15) is 5.82 Å². The first-order chi connectivity index (χ1) is 15.9. The van der Waals surface area contributed by atoms with E-state index in [0.717, 1.165) is 32.4 Å². The lowest BCUT2D eigenvalue weighted by atomic mass is 9.99. The van der Waals surface area contributed by atoms with E-state index in [4.69, 9.17) is 0 Å². The molecule has 3 nitrogen and oxygen atoms in total. The maximum Gasteiger partial charge on any atom is 0.307 e. The first-order valence-electron chi connectivity index (χ1n) is 10.5. The maximum absolute atomic E-state index is 13.9. The van der Waals surface area contributed by atoms with Crippen molar-refractivity contribution in [3.8, 4) is 0 Å². The van der Waals surface area contributed by atoms with Crippen LogP contribution in [-0.2, 0) is 4.79 Å². The molecule has 0 fully saturated rings. The van der Waals surface area contributed by atoms with Gasteiger partial charge in [-0.1, -0.05) is 48.5 Å². The lowest BCUT2D eigenvalue weighted by Gasteiger charge is -2.05. The molecule has 1 N–H and O–H groups in total.